The molecule has 6 nitrogen and oxygen atoms in total. The number of carbonyl (C=O) groups is 1. The van der Waals surface area contributed by atoms with Gasteiger partial charge in [0.25, 0.3) is 5.91 Å². The highest BCUT2D eigenvalue weighted by atomic mass is 32.1. The number of benzene rings is 2. The number of amides is 1. The number of anilines is 2. The highest BCUT2D eigenvalue weighted by molar-refractivity contribution is 7.09. The molecule has 0 atom stereocenters. The van der Waals surface area contributed by atoms with E-state index in [0.29, 0.717) is 24.5 Å². The Morgan fingerprint density at radius 2 is 1.69 bits per heavy atom. The lowest BCUT2D eigenvalue weighted by atomic mass is 10.2. The van der Waals surface area contributed by atoms with Gasteiger partial charge in [-0.05, 0) is 30.3 Å². The molecule has 4 rings (SSSR count). The number of hydrogen-bond donors (Lipinski definition) is 2. The van der Waals surface area contributed by atoms with Crippen LogP contribution in [0, 0.1) is 0 Å². The van der Waals surface area contributed by atoms with E-state index in [1.54, 1.807) is 41.9 Å². The molecule has 0 radical (unpaired) electrons. The van der Waals surface area contributed by atoms with E-state index in [4.69, 9.17) is 0 Å². The molecule has 2 heterocycles. The van der Waals surface area contributed by atoms with Crippen molar-refractivity contribution >= 4 is 28.9 Å². The lowest BCUT2D eigenvalue weighted by molar-refractivity contribution is 0.0954. The van der Waals surface area contributed by atoms with Crippen LogP contribution in [0.3, 0.4) is 0 Å². The molecule has 0 unspecified atom stereocenters. The molecule has 0 spiro atoms. The molecule has 2 N–H and O–H groups in total. The third kappa shape index (κ3) is 5.03. The zero-order valence-electron chi connectivity index (χ0n) is 15.6. The minimum atomic E-state index is -0.104. The number of carbonyl (C=O) groups excluding carboxylic acids is 1. The van der Waals surface area contributed by atoms with E-state index >= 15 is 0 Å². The molecule has 144 valence electrons. The van der Waals surface area contributed by atoms with Crippen molar-refractivity contribution in [2.45, 2.75) is 6.42 Å². The van der Waals surface area contributed by atoms with E-state index in [9.17, 15) is 4.79 Å². The third-order valence-corrected chi connectivity index (χ3v) is 5.12. The van der Waals surface area contributed by atoms with Crippen molar-refractivity contribution in [2.24, 2.45) is 0 Å². The topological polar surface area (TPSA) is 79.8 Å². The Morgan fingerprint density at radius 1 is 0.931 bits per heavy atom. The lowest BCUT2D eigenvalue weighted by Crippen LogP contribution is -2.25. The van der Waals surface area contributed by atoms with Crippen LogP contribution in [0.25, 0.3) is 11.3 Å². The maximum atomic E-state index is 12.4. The molecule has 0 fully saturated rings. The minimum absolute atomic E-state index is 0.104. The van der Waals surface area contributed by atoms with Crippen molar-refractivity contribution in [3.05, 3.63) is 89.0 Å². The smallest absolute Gasteiger partial charge is 0.251 e. The first-order chi connectivity index (χ1) is 14.3. The van der Waals surface area contributed by atoms with Gasteiger partial charge in [-0.15, -0.1) is 11.3 Å². The average Bonchev–Trinajstić information content (AvgIpc) is 3.24. The molecule has 0 bridgehead atoms. The average molecular weight is 401 g/mol. The summed E-state index contributed by atoms with van der Waals surface area (Å²) in [4.78, 5) is 25.2. The Kier molecular flexibility index (Phi) is 5.87. The molecule has 0 saturated carbocycles. The minimum Gasteiger partial charge on any atom is -0.352 e. The van der Waals surface area contributed by atoms with Crippen LogP contribution in [0.5, 0.6) is 0 Å². The zero-order chi connectivity index (χ0) is 19.9. The Morgan fingerprint density at radius 3 is 2.45 bits per heavy atom. The highest BCUT2D eigenvalue weighted by Gasteiger charge is 2.08. The molecule has 0 aliphatic carbocycles. The van der Waals surface area contributed by atoms with Crippen molar-refractivity contribution in [2.75, 3.05) is 11.9 Å². The summed E-state index contributed by atoms with van der Waals surface area (Å²) < 4.78 is 0. The van der Waals surface area contributed by atoms with Gasteiger partial charge in [-0.25, -0.2) is 15.0 Å². The van der Waals surface area contributed by atoms with Gasteiger partial charge >= 0.3 is 0 Å². The van der Waals surface area contributed by atoms with Crippen LogP contribution in [0.15, 0.2) is 78.4 Å². The first-order valence-corrected chi connectivity index (χ1v) is 10.1. The second-order valence-corrected chi connectivity index (χ2v) is 7.22. The predicted molar refractivity (Wildman–Crippen MR) is 115 cm³/mol. The summed E-state index contributed by atoms with van der Waals surface area (Å²) in [5.41, 5.74) is 3.51. The standard InChI is InChI=1S/C22H19N5OS/c28-21(17-7-9-18(10-8-17)26-22-24-12-4-13-25-22)23-14-11-20-27-19(15-29-20)16-5-2-1-3-6-16/h1-10,12-13,15H,11,14H2,(H,23,28)(H,24,25,26). The van der Waals surface area contributed by atoms with Gasteiger partial charge in [0.05, 0.1) is 10.7 Å². The molecule has 7 heteroatoms. The van der Waals surface area contributed by atoms with Gasteiger partial charge in [-0.2, -0.15) is 0 Å². The number of rotatable bonds is 7. The predicted octanol–water partition coefficient (Wildman–Crippen LogP) is 4.32. The number of nitrogens with zero attached hydrogens (tertiary/aromatic N) is 3. The monoisotopic (exact) mass is 401 g/mol. The van der Waals surface area contributed by atoms with Crippen LogP contribution >= 0.6 is 11.3 Å². The summed E-state index contributed by atoms with van der Waals surface area (Å²) in [6.07, 6.45) is 4.04. The second kappa shape index (κ2) is 9.07. The Bertz CT molecular complexity index is 1070. The van der Waals surface area contributed by atoms with Crippen LogP contribution in [-0.2, 0) is 6.42 Å². The van der Waals surface area contributed by atoms with Gasteiger partial charge in [0, 0.05) is 47.6 Å². The third-order valence-electron chi connectivity index (χ3n) is 4.21. The number of aromatic nitrogens is 3. The molecular weight excluding hydrogens is 382 g/mol. The molecule has 0 aliphatic heterocycles. The molecule has 29 heavy (non-hydrogen) atoms. The van der Waals surface area contributed by atoms with Gasteiger partial charge in [-0.1, -0.05) is 30.3 Å². The Balaban J connectivity index is 1.28. The fourth-order valence-electron chi connectivity index (χ4n) is 2.75. The fourth-order valence-corrected chi connectivity index (χ4v) is 3.56. The summed E-state index contributed by atoms with van der Waals surface area (Å²) in [7, 11) is 0. The van der Waals surface area contributed by atoms with Gasteiger partial charge in [0.2, 0.25) is 5.95 Å². The SMILES string of the molecule is O=C(NCCc1nc(-c2ccccc2)cs1)c1ccc(Nc2ncccn2)cc1. The summed E-state index contributed by atoms with van der Waals surface area (Å²) in [5, 5.41) is 9.09. The first kappa shape index (κ1) is 18.8. The quantitative estimate of drug-likeness (QED) is 0.482. The van der Waals surface area contributed by atoms with Crippen LogP contribution in [0.1, 0.15) is 15.4 Å². The Hall–Kier alpha value is -3.58. The van der Waals surface area contributed by atoms with Gasteiger partial charge in [0.15, 0.2) is 0 Å². The number of thiazole rings is 1. The number of nitrogens with one attached hydrogen (secondary N) is 2. The van der Waals surface area contributed by atoms with Crippen LogP contribution in [0.2, 0.25) is 0 Å². The molecule has 1 amide bonds. The zero-order valence-corrected chi connectivity index (χ0v) is 16.4. The van der Waals surface area contributed by atoms with Crippen LogP contribution in [-0.4, -0.2) is 27.4 Å². The largest absolute Gasteiger partial charge is 0.352 e. The van der Waals surface area contributed by atoms with E-state index in [0.717, 1.165) is 22.0 Å². The van der Waals surface area contributed by atoms with E-state index in [1.165, 1.54) is 0 Å². The second-order valence-electron chi connectivity index (χ2n) is 6.27. The van der Waals surface area contributed by atoms with Gasteiger partial charge in [0.1, 0.15) is 0 Å². The first-order valence-electron chi connectivity index (χ1n) is 9.20. The van der Waals surface area contributed by atoms with E-state index in [-0.39, 0.29) is 5.91 Å². The molecule has 2 aromatic carbocycles. The molecule has 4 aromatic rings. The van der Waals surface area contributed by atoms with Gasteiger partial charge < -0.3 is 10.6 Å². The van der Waals surface area contributed by atoms with Crippen LogP contribution in [0.4, 0.5) is 11.6 Å². The van der Waals surface area contributed by atoms with Crippen molar-refractivity contribution in [3.63, 3.8) is 0 Å². The van der Waals surface area contributed by atoms with Crippen LogP contribution < -0.4 is 10.6 Å². The Labute approximate surface area is 172 Å². The molecule has 0 aliphatic rings. The summed E-state index contributed by atoms with van der Waals surface area (Å²) in [6, 6.07) is 19.1. The normalized spacial score (nSPS) is 10.5. The molecular formula is C22H19N5OS. The van der Waals surface area contributed by atoms with Crippen molar-refractivity contribution in [1.29, 1.82) is 0 Å². The summed E-state index contributed by atoms with van der Waals surface area (Å²) >= 11 is 1.61. The maximum absolute atomic E-state index is 12.4. The number of hydrogen-bond acceptors (Lipinski definition) is 6. The molecule has 2 aromatic heterocycles. The lowest BCUT2D eigenvalue weighted by Gasteiger charge is -2.07. The molecule has 0 saturated heterocycles. The van der Waals surface area contributed by atoms with Crippen molar-refractivity contribution in [3.8, 4) is 11.3 Å². The fraction of sp³-hybridized carbons (Fsp3) is 0.0909. The summed E-state index contributed by atoms with van der Waals surface area (Å²) in [5.74, 6) is 0.412. The van der Waals surface area contributed by atoms with Crippen molar-refractivity contribution < 1.29 is 4.79 Å². The van der Waals surface area contributed by atoms with Crippen molar-refractivity contribution in [1.82, 2.24) is 20.3 Å². The van der Waals surface area contributed by atoms with E-state index in [1.807, 2.05) is 42.5 Å². The summed E-state index contributed by atoms with van der Waals surface area (Å²) in [6.45, 7) is 0.540. The van der Waals surface area contributed by atoms with E-state index in [2.05, 4.69) is 31.0 Å². The van der Waals surface area contributed by atoms with E-state index < -0.39 is 0 Å². The highest BCUT2D eigenvalue weighted by Crippen LogP contribution is 2.21. The van der Waals surface area contributed by atoms with Gasteiger partial charge in [-0.3, -0.25) is 4.79 Å². The maximum Gasteiger partial charge on any atom is 0.251 e.